The fourth-order valence-corrected chi connectivity index (χ4v) is 2.48. The molecule has 0 aliphatic carbocycles. The predicted molar refractivity (Wildman–Crippen MR) is 87.5 cm³/mol. The van der Waals surface area contributed by atoms with Crippen LogP contribution in [-0.4, -0.2) is 30.8 Å². The van der Waals surface area contributed by atoms with Gasteiger partial charge >= 0.3 is 0 Å². The number of amides is 1. The van der Waals surface area contributed by atoms with Crippen molar-refractivity contribution in [2.24, 2.45) is 0 Å². The Kier molecular flexibility index (Phi) is 7.10. The Hall–Kier alpha value is -1.000. The first-order valence-electron chi connectivity index (χ1n) is 7.00. The minimum atomic E-state index is 0.0992. The Morgan fingerprint density at radius 1 is 1.40 bits per heavy atom. The zero-order valence-electron chi connectivity index (χ0n) is 13.1. The number of anilines is 1. The third-order valence-corrected chi connectivity index (χ3v) is 3.61. The van der Waals surface area contributed by atoms with Gasteiger partial charge in [-0.2, -0.15) is 11.8 Å². The van der Waals surface area contributed by atoms with Crippen LogP contribution in [0.15, 0.2) is 18.2 Å². The third kappa shape index (κ3) is 4.53. The van der Waals surface area contributed by atoms with E-state index in [-0.39, 0.29) is 12.0 Å². The van der Waals surface area contributed by atoms with Gasteiger partial charge in [0.2, 0.25) is 5.91 Å². The maximum atomic E-state index is 12.4. The first-order valence-corrected chi connectivity index (χ1v) is 8.40. The molecule has 0 fully saturated rings. The second-order valence-electron chi connectivity index (χ2n) is 5.04. The molecule has 0 heterocycles. The van der Waals surface area contributed by atoms with Crippen LogP contribution in [0.1, 0.15) is 31.9 Å². The molecule has 1 aromatic rings. The topological polar surface area (TPSA) is 29.5 Å². The molecule has 0 aliphatic heterocycles. The SMILES string of the molecule is CCc1cccc(C)c1N(COC(C)C)C(=O)CSC. The van der Waals surface area contributed by atoms with Crippen molar-refractivity contribution < 1.29 is 9.53 Å². The molecule has 1 rings (SSSR count). The van der Waals surface area contributed by atoms with Crippen LogP contribution >= 0.6 is 11.8 Å². The van der Waals surface area contributed by atoms with Crippen LogP contribution in [0.5, 0.6) is 0 Å². The molecule has 3 nitrogen and oxygen atoms in total. The maximum absolute atomic E-state index is 12.4. The van der Waals surface area contributed by atoms with Crippen LogP contribution in [0.2, 0.25) is 0 Å². The number of carbonyl (C=O) groups excluding carboxylic acids is 1. The summed E-state index contributed by atoms with van der Waals surface area (Å²) >= 11 is 1.54. The summed E-state index contributed by atoms with van der Waals surface area (Å²) in [5, 5.41) is 0. The molecule has 1 aromatic carbocycles. The number of benzene rings is 1. The highest BCUT2D eigenvalue weighted by Gasteiger charge is 2.20. The molecule has 0 saturated heterocycles. The average Bonchev–Trinajstić information content (AvgIpc) is 2.40. The molecular weight excluding hydrogens is 270 g/mol. The van der Waals surface area contributed by atoms with E-state index in [4.69, 9.17) is 4.74 Å². The van der Waals surface area contributed by atoms with Crippen LogP contribution in [0.25, 0.3) is 0 Å². The Labute approximate surface area is 126 Å². The summed E-state index contributed by atoms with van der Waals surface area (Å²) in [5.41, 5.74) is 3.31. The lowest BCUT2D eigenvalue weighted by atomic mass is 10.0. The van der Waals surface area contributed by atoms with Crippen molar-refractivity contribution >= 4 is 23.4 Å². The van der Waals surface area contributed by atoms with Gasteiger partial charge in [-0.1, -0.05) is 25.1 Å². The van der Waals surface area contributed by atoms with Gasteiger partial charge in [0, 0.05) is 0 Å². The molecular formula is C16H25NO2S. The standard InChI is InChI=1S/C16H25NO2S/c1-6-14-9-7-8-13(4)16(14)17(11-19-12(2)3)15(18)10-20-5/h7-9,12H,6,10-11H2,1-5H3. The number of hydrogen-bond donors (Lipinski definition) is 0. The number of carbonyl (C=O) groups is 1. The molecule has 112 valence electrons. The van der Waals surface area contributed by atoms with Gasteiger partial charge in [-0.05, 0) is 44.6 Å². The summed E-state index contributed by atoms with van der Waals surface area (Å²) in [7, 11) is 0. The van der Waals surface area contributed by atoms with Gasteiger partial charge in [-0.15, -0.1) is 0 Å². The van der Waals surface area contributed by atoms with Crippen LogP contribution in [-0.2, 0) is 16.0 Å². The summed E-state index contributed by atoms with van der Waals surface area (Å²) in [6, 6.07) is 6.17. The number of hydrogen-bond acceptors (Lipinski definition) is 3. The third-order valence-electron chi connectivity index (χ3n) is 3.08. The summed E-state index contributed by atoms with van der Waals surface area (Å²) in [4.78, 5) is 14.2. The highest BCUT2D eigenvalue weighted by Crippen LogP contribution is 2.26. The monoisotopic (exact) mass is 295 g/mol. The Morgan fingerprint density at radius 2 is 2.10 bits per heavy atom. The highest BCUT2D eigenvalue weighted by atomic mass is 32.2. The molecule has 0 aliphatic rings. The number of ether oxygens (including phenoxy) is 1. The summed E-state index contributed by atoms with van der Waals surface area (Å²) in [6.07, 6.45) is 2.95. The molecule has 1 amide bonds. The Bertz CT molecular complexity index is 446. The lowest BCUT2D eigenvalue weighted by Crippen LogP contribution is -2.36. The van der Waals surface area contributed by atoms with Gasteiger partial charge in [0.15, 0.2) is 0 Å². The minimum absolute atomic E-state index is 0.0992. The van der Waals surface area contributed by atoms with Gasteiger partial charge in [-0.3, -0.25) is 9.69 Å². The number of thioether (sulfide) groups is 1. The largest absolute Gasteiger partial charge is 0.358 e. The number of aryl methyl sites for hydroxylation is 2. The minimum Gasteiger partial charge on any atom is -0.358 e. The highest BCUT2D eigenvalue weighted by molar-refractivity contribution is 7.99. The quantitative estimate of drug-likeness (QED) is 0.719. The molecule has 0 bridgehead atoms. The predicted octanol–water partition coefficient (Wildman–Crippen LogP) is 3.64. The van der Waals surface area contributed by atoms with Gasteiger partial charge in [-0.25, -0.2) is 0 Å². The lowest BCUT2D eigenvalue weighted by molar-refractivity contribution is -0.117. The molecule has 0 unspecified atom stereocenters. The molecule has 0 N–H and O–H groups in total. The van der Waals surface area contributed by atoms with Crippen molar-refractivity contribution in [2.75, 3.05) is 23.6 Å². The van der Waals surface area contributed by atoms with Crippen LogP contribution in [0.3, 0.4) is 0 Å². The molecule has 0 radical (unpaired) electrons. The van der Waals surface area contributed by atoms with Crippen LogP contribution < -0.4 is 4.90 Å². The van der Waals surface area contributed by atoms with E-state index in [9.17, 15) is 4.79 Å². The maximum Gasteiger partial charge on any atom is 0.238 e. The first-order chi connectivity index (χ1) is 9.51. The zero-order valence-corrected chi connectivity index (χ0v) is 13.9. The van der Waals surface area contributed by atoms with Crippen LogP contribution in [0.4, 0.5) is 5.69 Å². The van der Waals surface area contributed by atoms with Gasteiger partial charge in [0.1, 0.15) is 6.73 Å². The van der Waals surface area contributed by atoms with Crippen molar-refractivity contribution in [1.82, 2.24) is 0 Å². The molecule has 0 aromatic heterocycles. The molecule has 20 heavy (non-hydrogen) atoms. The van der Waals surface area contributed by atoms with E-state index in [0.29, 0.717) is 12.5 Å². The van der Waals surface area contributed by atoms with E-state index < -0.39 is 0 Å². The fourth-order valence-electron chi connectivity index (χ4n) is 2.08. The summed E-state index contributed by atoms with van der Waals surface area (Å²) < 4.78 is 5.68. The molecule has 0 spiro atoms. The number of rotatable bonds is 7. The van der Waals surface area contributed by atoms with E-state index in [0.717, 1.165) is 17.7 Å². The lowest BCUT2D eigenvalue weighted by Gasteiger charge is -2.27. The molecule has 0 atom stereocenters. The second-order valence-corrected chi connectivity index (χ2v) is 5.90. The molecule has 0 saturated carbocycles. The smallest absolute Gasteiger partial charge is 0.238 e. The Morgan fingerprint density at radius 3 is 2.65 bits per heavy atom. The fraction of sp³-hybridized carbons (Fsp3) is 0.562. The summed E-state index contributed by atoms with van der Waals surface area (Å²) in [6.45, 7) is 8.43. The van der Waals surface area contributed by atoms with Crippen molar-refractivity contribution in [3.63, 3.8) is 0 Å². The van der Waals surface area contributed by atoms with Crippen molar-refractivity contribution in [2.45, 2.75) is 40.2 Å². The average molecular weight is 295 g/mol. The first kappa shape index (κ1) is 17.1. The van der Waals surface area contributed by atoms with E-state index in [1.54, 1.807) is 4.90 Å². The van der Waals surface area contributed by atoms with E-state index in [1.165, 1.54) is 17.3 Å². The number of para-hydroxylation sites is 1. The van der Waals surface area contributed by atoms with E-state index >= 15 is 0 Å². The van der Waals surface area contributed by atoms with Crippen molar-refractivity contribution in [3.05, 3.63) is 29.3 Å². The van der Waals surface area contributed by atoms with Crippen molar-refractivity contribution in [1.29, 1.82) is 0 Å². The van der Waals surface area contributed by atoms with E-state index in [2.05, 4.69) is 13.0 Å². The van der Waals surface area contributed by atoms with Gasteiger partial charge < -0.3 is 4.74 Å². The number of nitrogens with zero attached hydrogens (tertiary/aromatic N) is 1. The summed E-state index contributed by atoms with van der Waals surface area (Å²) in [5.74, 6) is 0.570. The zero-order chi connectivity index (χ0) is 15.1. The molecule has 4 heteroatoms. The Balaban J connectivity index is 3.12. The van der Waals surface area contributed by atoms with Gasteiger partial charge in [0.25, 0.3) is 0 Å². The van der Waals surface area contributed by atoms with E-state index in [1.807, 2.05) is 39.2 Å². The second kappa shape index (κ2) is 8.32. The van der Waals surface area contributed by atoms with Gasteiger partial charge in [0.05, 0.1) is 17.5 Å². The van der Waals surface area contributed by atoms with Crippen molar-refractivity contribution in [3.8, 4) is 0 Å². The normalized spacial score (nSPS) is 10.9. The van der Waals surface area contributed by atoms with Crippen LogP contribution in [0, 0.1) is 6.92 Å².